The van der Waals surface area contributed by atoms with Crippen molar-refractivity contribution in [3.8, 4) is 0 Å². The van der Waals surface area contributed by atoms with E-state index in [1.54, 1.807) is 6.92 Å². The van der Waals surface area contributed by atoms with Crippen LogP contribution >= 0.6 is 11.8 Å². The van der Waals surface area contributed by atoms with Gasteiger partial charge >= 0.3 is 6.09 Å². The number of hydrogen-bond donors (Lipinski definition) is 1. The molecule has 2 heterocycles. The van der Waals surface area contributed by atoms with Crippen LogP contribution in [0.3, 0.4) is 0 Å². The number of halogens is 2. The van der Waals surface area contributed by atoms with Crippen LogP contribution in [0.2, 0.25) is 0 Å². The quantitative estimate of drug-likeness (QED) is 0.472. The number of carbonyl (C=O) groups excluding carboxylic acids is 3. The first kappa shape index (κ1) is 28.8. The van der Waals surface area contributed by atoms with E-state index in [1.165, 1.54) is 44.0 Å². The highest BCUT2D eigenvalue weighted by molar-refractivity contribution is 8.13. The number of thioether (sulfide) groups is 1. The number of Topliss-reactive ketones (excluding diaryl/α,β-unsaturated/α-hetero) is 1. The number of hydrogen-bond acceptors (Lipinski definition) is 7. The molecule has 2 aromatic rings. The lowest BCUT2D eigenvalue weighted by molar-refractivity contribution is -0.109. The molecule has 3 rings (SSSR count). The number of nitrogens with zero attached hydrogens (tertiary/aromatic N) is 2. The van der Waals surface area contributed by atoms with Crippen LogP contribution in [0.4, 0.5) is 13.6 Å². The summed E-state index contributed by atoms with van der Waals surface area (Å²) in [6.07, 6.45) is 0.152. The lowest BCUT2D eigenvalue weighted by Gasteiger charge is -2.18. The van der Waals surface area contributed by atoms with E-state index in [9.17, 15) is 27.2 Å². The third kappa shape index (κ3) is 6.76. The summed E-state index contributed by atoms with van der Waals surface area (Å²) < 4.78 is 63.9. The summed E-state index contributed by atoms with van der Waals surface area (Å²) in [5.41, 5.74) is 0.365. The Hall–Kier alpha value is -2.77. The number of benzene rings is 1. The van der Waals surface area contributed by atoms with Crippen molar-refractivity contribution in [1.82, 2.24) is 14.2 Å². The first-order valence-corrected chi connectivity index (χ1v) is 14.0. The third-order valence-corrected chi connectivity index (χ3v) is 8.48. The summed E-state index contributed by atoms with van der Waals surface area (Å²) in [5, 5.41) is -0.162. The Labute approximate surface area is 218 Å². The molecule has 202 valence electrons. The van der Waals surface area contributed by atoms with Crippen LogP contribution in [0.5, 0.6) is 0 Å². The molecule has 1 amide bonds. The minimum absolute atomic E-state index is 0.0225. The zero-order chi connectivity index (χ0) is 27.5. The largest absolute Gasteiger partial charge is 0.450 e. The number of amides is 1. The van der Waals surface area contributed by atoms with Gasteiger partial charge in [0.25, 0.3) is 0 Å². The molecule has 1 fully saturated rings. The van der Waals surface area contributed by atoms with E-state index < -0.39 is 56.1 Å². The highest BCUT2D eigenvalue weighted by Gasteiger charge is 2.40. The summed E-state index contributed by atoms with van der Waals surface area (Å²) >= 11 is 0.999. The number of aryl methyl sites for hydroxylation is 2. The molecule has 0 saturated carbocycles. The average Bonchev–Trinajstić information content (AvgIpc) is 3.34. The Bertz CT molecular complexity index is 1310. The van der Waals surface area contributed by atoms with Gasteiger partial charge in [0.1, 0.15) is 16.4 Å². The maximum atomic E-state index is 15.4. The number of ketones is 1. The second-order valence-corrected chi connectivity index (χ2v) is 11.7. The van der Waals surface area contributed by atoms with Crippen LogP contribution in [0.15, 0.2) is 29.3 Å². The highest BCUT2D eigenvalue weighted by atomic mass is 32.2. The number of rotatable bonds is 9. The lowest BCUT2D eigenvalue weighted by Crippen LogP contribution is -2.41. The van der Waals surface area contributed by atoms with Crippen molar-refractivity contribution in [2.75, 3.05) is 25.4 Å². The molecule has 0 aliphatic carbocycles. The summed E-state index contributed by atoms with van der Waals surface area (Å²) in [4.78, 5) is 37.2. The highest BCUT2D eigenvalue weighted by Crippen LogP contribution is 2.27. The standard InChI is InChI=1S/C24H29F2N3O6S2/c1-5-35-24(32)29-10-17(13-36-15(3)30)19(11-29)27-37(33,34)21-12-28(4)23(22(21)26)20(31)9-16-6-7-18(25)14(2)8-16/h6-8,12,17,19,27H,5,9-11,13H2,1-4H3/t17-,19-/m0/s1. The van der Waals surface area contributed by atoms with E-state index in [0.29, 0.717) is 11.1 Å². The van der Waals surface area contributed by atoms with Crippen LogP contribution in [0.1, 0.15) is 35.5 Å². The molecule has 1 N–H and O–H groups in total. The van der Waals surface area contributed by atoms with Crippen LogP contribution in [-0.4, -0.2) is 66.4 Å². The van der Waals surface area contributed by atoms with Crippen molar-refractivity contribution in [3.05, 3.63) is 52.9 Å². The molecule has 0 radical (unpaired) electrons. The number of ether oxygens (including phenoxy) is 1. The van der Waals surface area contributed by atoms with Gasteiger partial charge in [0, 0.05) is 57.4 Å². The van der Waals surface area contributed by atoms with Gasteiger partial charge in [0.15, 0.2) is 16.7 Å². The van der Waals surface area contributed by atoms with Gasteiger partial charge in [-0.2, -0.15) is 0 Å². The van der Waals surface area contributed by atoms with Gasteiger partial charge in [-0.15, -0.1) is 0 Å². The van der Waals surface area contributed by atoms with Gasteiger partial charge < -0.3 is 14.2 Å². The summed E-state index contributed by atoms with van der Waals surface area (Å²) in [6.45, 7) is 4.84. The summed E-state index contributed by atoms with van der Waals surface area (Å²) in [7, 11) is -3.09. The minimum Gasteiger partial charge on any atom is -0.450 e. The maximum Gasteiger partial charge on any atom is 0.409 e. The van der Waals surface area contributed by atoms with E-state index in [-0.39, 0.29) is 37.0 Å². The fourth-order valence-corrected chi connectivity index (χ4v) is 6.39. The minimum atomic E-state index is -4.45. The molecule has 37 heavy (non-hydrogen) atoms. The van der Waals surface area contributed by atoms with Gasteiger partial charge in [-0.25, -0.2) is 26.7 Å². The fourth-order valence-electron chi connectivity index (χ4n) is 4.19. The number of aromatic nitrogens is 1. The summed E-state index contributed by atoms with van der Waals surface area (Å²) in [5.74, 6) is -2.49. The topological polar surface area (TPSA) is 115 Å². The zero-order valence-corrected chi connectivity index (χ0v) is 22.5. The second kappa shape index (κ2) is 11.7. The molecule has 2 atom stereocenters. The van der Waals surface area contributed by atoms with Gasteiger partial charge in [0.2, 0.25) is 10.0 Å². The molecule has 0 spiro atoms. The molecule has 0 bridgehead atoms. The monoisotopic (exact) mass is 557 g/mol. The Balaban J connectivity index is 1.83. The van der Waals surface area contributed by atoms with Crippen molar-refractivity contribution in [1.29, 1.82) is 0 Å². The van der Waals surface area contributed by atoms with Crippen LogP contribution in [0, 0.1) is 24.5 Å². The predicted molar refractivity (Wildman–Crippen MR) is 134 cm³/mol. The van der Waals surface area contributed by atoms with Crippen molar-refractivity contribution >= 4 is 38.8 Å². The summed E-state index contributed by atoms with van der Waals surface area (Å²) in [6, 6.07) is 3.29. The average molecular weight is 558 g/mol. The van der Waals surface area contributed by atoms with Crippen molar-refractivity contribution in [3.63, 3.8) is 0 Å². The number of likely N-dealkylation sites (tertiary alicyclic amines) is 1. The fraction of sp³-hybridized carbons (Fsp3) is 0.458. The van der Waals surface area contributed by atoms with E-state index in [4.69, 9.17) is 4.74 Å². The molecular weight excluding hydrogens is 528 g/mol. The Morgan fingerprint density at radius 2 is 1.92 bits per heavy atom. The number of nitrogens with one attached hydrogen (secondary N) is 1. The maximum absolute atomic E-state index is 15.4. The molecule has 1 aromatic heterocycles. The first-order chi connectivity index (χ1) is 17.3. The smallest absolute Gasteiger partial charge is 0.409 e. The van der Waals surface area contributed by atoms with Crippen LogP contribution in [0.25, 0.3) is 0 Å². The lowest BCUT2D eigenvalue weighted by atomic mass is 10.0. The van der Waals surface area contributed by atoms with Crippen molar-refractivity contribution < 1.29 is 36.3 Å². The second-order valence-electron chi connectivity index (χ2n) is 8.84. The van der Waals surface area contributed by atoms with E-state index in [0.717, 1.165) is 22.5 Å². The van der Waals surface area contributed by atoms with Gasteiger partial charge in [-0.05, 0) is 31.0 Å². The Kier molecular flexibility index (Phi) is 9.13. The van der Waals surface area contributed by atoms with Gasteiger partial charge in [0.05, 0.1) is 6.61 Å². The Morgan fingerprint density at radius 3 is 2.54 bits per heavy atom. The zero-order valence-electron chi connectivity index (χ0n) is 20.9. The molecule has 0 unspecified atom stereocenters. The van der Waals surface area contributed by atoms with Crippen molar-refractivity contribution in [2.24, 2.45) is 13.0 Å². The molecule has 1 saturated heterocycles. The first-order valence-electron chi connectivity index (χ1n) is 11.5. The van der Waals surface area contributed by atoms with Gasteiger partial charge in [-0.3, -0.25) is 9.59 Å². The van der Waals surface area contributed by atoms with Crippen molar-refractivity contribution in [2.45, 2.75) is 38.1 Å². The van der Waals surface area contributed by atoms with E-state index >= 15 is 4.39 Å². The molecule has 9 nitrogen and oxygen atoms in total. The molecule has 1 aromatic carbocycles. The normalized spacial score (nSPS) is 17.7. The SMILES string of the molecule is CCOC(=O)N1C[C@@H](CSC(C)=O)[C@@H](NS(=O)(=O)c2cn(C)c(C(=O)Cc3ccc(F)c(C)c3)c2F)C1. The molecular formula is C24H29F2N3O6S2. The molecule has 1 aliphatic rings. The Morgan fingerprint density at radius 1 is 1.22 bits per heavy atom. The van der Waals surface area contributed by atoms with E-state index in [1.807, 2.05) is 0 Å². The van der Waals surface area contributed by atoms with Crippen LogP contribution in [-0.2, 0) is 33.0 Å². The van der Waals surface area contributed by atoms with E-state index in [2.05, 4.69) is 4.72 Å². The molecule has 13 heteroatoms. The van der Waals surface area contributed by atoms with Gasteiger partial charge in [-0.1, -0.05) is 23.9 Å². The number of carbonyl (C=O) groups is 3. The number of sulfonamides is 1. The predicted octanol–water partition coefficient (Wildman–Crippen LogP) is 3.05. The van der Waals surface area contributed by atoms with Crippen LogP contribution < -0.4 is 4.72 Å². The molecule has 1 aliphatic heterocycles. The third-order valence-electron chi connectivity index (χ3n) is 6.00.